The van der Waals surface area contributed by atoms with Crippen molar-refractivity contribution in [2.24, 2.45) is 0 Å². The number of carbonyl (C=O) groups is 1. The molecule has 4 rings (SSSR count). The van der Waals surface area contributed by atoms with Gasteiger partial charge < -0.3 is 14.7 Å². The second kappa shape index (κ2) is 5.52. The average Bonchev–Trinajstić information content (AvgIpc) is 3.05. The van der Waals surface area contributed by atoms with E-state index in [0.717, 1.165) is 11.1 Å². The van der Waals surface area contributed by atoms with Gasteiger partial charge in [0.25, 0.3) is 0 Å². The Bertz CT molecular complexity index is 852. The van der Waals surface area contributed by atoms with Crippen LogP contribution in [0.1, 0.15) is 47.8 Å². The van der Waals surface area contributed by atoms with Gasteiger partial charge in [-0.3, -0.25) is 0 Å². The molecule has 0 amide bonds. The summed E-state index contributed by atoms with van der Waals surface area (Å²) in [5, 5.41) is 10.2. The second-order valence-corrected chi connectivity index (χ2v) is 7.07. The lowest BCUT2D eigenvalue weighted by Gasteiger charge is -2.27. The summed E-state index contributed by atoms with van der Waals surface area (Å²) in [6.45, 7) is 4.01. The highest BCUT2D eigenvalue weighted by molar-refractivity contribution is 5.99. The minimum atomic E-state index is -0.712. The smallest absolute Gasteiger partial charge is 0.343 e. The molecule has 2 aromatic rings. The molecule has 1 fully saturated rings. The van der Waals surface area contributed by atoms with Crippen LogP contribution in [-0.2, 0) is 10.3 Å². The summed E-state index contributed by atoms with van der Waals surface area (Å²) in [6, 6.07) is 7.85. The molecule has 130 valence electrons. The topological polar surface area (TPSA) is 62.7 Å². The molecule has 0 bridgehead atoms. The number of aromatic nitrogens is 1. The number of cyclic esters (lactones) is 1. The van der Waals surface area contributed by atoms with Crippen LogP contribution in [0.25, 0.3) is 0 Å². The molecule has 2 aliphatic heterocycles. The number of halogens is 1. The van der Waals surface area contributed by atoms with Gasteiger partial charge in [0, 0.05) is 18.3 Å². The first-order chi connectivity index (χ1) is 11.9. The summed E-state index contributed by atoms with van der Waals surface area (Å²) >= 11 is 0. The summed E-state index contributed by atoms with van der Waals surface area (Å²) in [5.74, 6) is -0.257. The van der Waals surface area contributed by atoms with Crippen LogP contribution in [0.2, 0.25) is 0 Å². The maximum Gasteiger partial charge on any atom is 0.343 e. The number of β-amino-alcohol motifs (C(OH)–C–C–N with tert-alkyl or cyclic N) is 1. The van der Waals surface area contributed by atoms with E-state index < -0.39 is 17.7 Å². The van der Waals surface area contributed by atoms with Crippen LogP contribution >= 0.6 is 0 Å². The Balaban J connectivity index is 1.82. The number of anilines is 1. The van der Waals surface area contributed by atoms with E-state index in [1.807, 2.05) is 24.8 Å². The maximum absolute atomic E-state index is 13.7. The number of aliphatic hydroxyl groups excluding tert-OH is 1. The van der Waals surface area contributed by atoms with Gasteiger partial charge in [-0.15, -0.1) is 0 Å². The van der Waals surface area contributed by atoms with Crippen molar-refractivity contribution in [3.05, 3.63) is 59.0 Å². The van der Waals surface area contributed by atoms with Gasteiger partial charge in [0.05, 0.1) is 12.1 Å². The van der Waals surface area contributed by atoms with Crippen LogP contribution in [-0.4, -0.2) is 28.7 Å². The Morgan fingerprint density at radius 2 is 2.16 bits per heavy atom. The summed E-state index contributed by atoms with van der Waals surface area (Å²) in [4.78, 5) is 18.7. The predicted octanol–water partition coefficient (Wildman–Crippen LogP) is 2.94. The third kappa shape index (κ3) is 2.57. The number of hydrogen-bond acceptors (Lipinski definition) is 5. The van der Waals surface area contributed by atoms with Crippen molar-refractivity contribution in [1.29, 1.82) is 0 Å². The Labute approximate surface area is 145 Å². The molecular formula is C19H19FN2O3. The van der Waals surface area contributed by atoms with Crippen LogP contribution in [0.4, 0.5) is 10.2 Å². The molecule has 5 nitrogen and oxygen atoms in total. The fourth-order valence-electron chi connectivity index (χ4n) is 3.79. The zero-order valence-corrected chi connectivity index (χ0v) is 14.1. The molecule has 2 atom stereocenters. The van der Waals surface area contributed by atoms with Crippen molar-refractivity contribution in [2.75, 3.05) is 11.4 Å². The fourth-order valence-corrected chi connectivity index (χ4v) is 3.79. The van der Waals surface area contributed by atoms with Crippen LogP contribution in [0, 0.1) is 5.82 Å². The molecule has 1 N–H and O–H groups in total. The minimum Gasteiger partial charge on any atom is -0.451 e. The lowest BCUT2D eigenvalue weighted by atomic mass is 9.96. The SMILES string of the molecule is CC1(C)OC(=O)c2c1ccnc2N1CC(O)CC1c1cccc(F)c1. The van der Waals surface area contributed by atoms with E-state index in [1.54, 1.807) is 18.3 Å². The van der Waals surface area contributed by atoms with Crippen molar-refractivity contribution in [2.45, 2.75) is 38.0 Å². The highest BCUT2D eigenvalue weighted by atomic mass is 19.1. The molecule has 0 saturated carbocycles. The molecule has 6 heteroatoms. The normalized spacial score (nSPS) is 24.3. The Hall–Kier alpha value is -2.47. The van der Waals surface area contributed by atoms with Crippen molar-refractivity contribution < 1.29 is 19.0 Å². The molecule has 0 aliphatic carbocycles. The van der Waals surface area contributed by atoms with Crippen LogP contribution in [0.15, 0.2) is 36.5 Å². The van der Waals surface area contributed by atoms with Crippen LogP contribution in [0.5, 0.6) is 0 Å². The quantitative estimate of drug-likeness (QED) is 0.850. The van der Waals surface area contributed by atoms with Crippen molar-refractivity contribution in [1.82, 2.24) is 4.98 Å². The number of fused-ring (bicyclic) bond motifs is 1. The van der Waals surface area contributed by atoms with Gasteiger partial charge in [-0.1, -0.05) is 12.1 Å². The van der Waals surface area contributed by atoms with E-state index in [2.05, 4.69) is 4.98 Å². The number of rotatable bonds is 2. The molecular weight excluding hydrogens is 323 g/mol. The number of carbonyl (C=O) groups excluding carboxylic acids is 1. The first kappa shape index (κ1) is 16.0. The number of pyridine rings is 1. The molecule has 25 heavy (non-hydrogen) atoms. The number of hydrogen-bond donors (Lipinski definition) is 1. The number of ether oxygens (including phenoxy) is 1. The van der Waals surface area contributed by atoms with E-state index in [4.69, 9.17) is 4.74 Å². The predicted molar refractivity (Wildman–Crippen MR) is 89.8 cm³/mol. The van der Waals surface area contributed by atoms with Gasteiger partial charge in [-0.25, -0.2) is 14.2 Å². The maximum atomic E-state index is 13.7. The van der Waals surface area contributed by atoms with Gasteiger partial charge in [0.2, 0.25) is 0 Å². The van der Waals surface area contributed by atoms with E-state index in [0.29, 0.717) is 24.3 Å². The number of nitrogens with zero attached hydrogens (tertiary/aromatic N) is 2. The highest BCUT2D eigenvalue weighted by Crippen LogP contribution is 2.43. The molecule has 0 radical (unpaired) electrons. The summed E-state index contributed by atoms with van der Waals surface area (Å²) < 4.78 is 19.1. The number of benzene rings is 1. The van der Waals surface area contributed by atoms with Gasteiger partial charge in [0.1, 0.15) is 22.8 Å². The average molecular weight is 342 g/mol. The minimum absolute atomic E-state index is 0.249. The Kier molecular flexibility index (Phi) is 3.54. The highest BCUT2D eigenvalue weighted by Gasteiger charge is 2.43. The molecule has 1 aromatic heterocycles. The van der Waals surface area contributed by atoms with Crippen LogP contribution < -0.4 is 4.90 Å². The van der Waals surface area contributed by atoms with E-state index in [-0.39, 0.29) is 11.9 Å². The van der Waals surface area contributed by atoms with E-state index in [1.165, 1.54) is 12.1 Å². The first-order valence-corrected chi connectivity index (χ1v) is 8.30. The summed E-state index contributed by atoms with van der Waals surface area (Å²) in [7, 11) is 0. The van der Waals surface area contributed by atoms with E-state index >= 15 is 0 Å². The number of aliphatic hydroxyl groups is 1. The molecule has 2 aliphatic rings. The van der Waals surface area contributed by atoms with Crippen molar-refractivity contribution in [3.63, 3.8) is 0 Å². The molecule has 2 unspecified atom stereocenters. The third-order valence-electron chi connectivity index (χ3n) is 4.92. The van der Waals surface area contributed by atoms with E-state index in [9.17, 15) is 14.3 Å². The fraction of sp³-hybridized carbons (Fsp3) is 0.368. The number of esters is 1. The van der Waals surface area contributed by atoms with Gasteiger partial charge >= 0.3 is 5.97 Å². The van der Waals surface area contributed by atoms with Crippen molar-refractivity contribution in [3.8, 4) is 0 Å². The lowest BCUT2D eigenvalue weighted by Crippen LogP contribution is -2.27. The van der Waals surface area contributed by atoms with Gasteiger partial charge in [0.15, 0.2) is 0 Å². The summed E-state index contributed by atoms with van der Waals surface area (Å²) in [6.07, 6.45) is 1.52. The second-order valence-electron chi connectivity index (χ2n) is 7.07. The van der Waals surface area contributed by atoms with Crippen molar-refractivity contribution >= 4 is 11.8 Å². The summed E-state index contributed by atoms with van der Waals surface area (Å²) in [5.41, 5.74) is 1.25. The lowest BCUT2D eigenvalue weighted by molar-refractivity contribution is 0.00956. The zero-order chi connectivity index (χ0) is 17.8. The largest absolute Gasteiger partial charge is 0.451 e. The first-order valence-electron chi connectivity index (χ1n) is 8.30. The standard InChI is InChI=1S/C19H19FN2O3/c1-19(2)14-6-7-21-17(16(14)18(24)25-19)22-10-13(23)9-15(22)11-4-3-5-12(20)8-11/h3-8,13,15,23H,9-10H2,1-2H3. The molecule has 1 saturated heterocycles. The van der Waals surface area contributed by atoms with Crippen LogP contribution in [0.3, 0.4) is 0 Å². The molecule has 1 aromatic carbocycles. The zero-order valence-electron chi connectivity index (χ0n) is 14.1. The molecule has 3 heterocycles. The van der Waals surface area contributed by atoms with Gasteiger partial charge in [-0.05, 0) is 44.0 Å². The third-order valence-corrected chi connectivity index (χ3v) is 4.92. The molecule has 0 spiro atoms. The Morgan fingerprint density at radius 1 is 1.36 bits per heavy atom. The monoisotopic (exact) mass is 342 g/mol. The Morgan fingerprint density at radius 3 is 2.92 bits per heavy atom. The van der Waals surface area contributed by atoms with Gasteiger partial charge in [-0.2, -0.15) is 0 Å².